The summed E-state index contributed by atoms with van der Waals surface area (Å²) < 4.78 is 3.95. The lowest BCUT2D eigenvalue weighted by Crippen LogP contribution is -2.19. The topological polar surface area (TPSA) is 73.5 Å². The predicted octanol–water partition coefficient (Wildman–Crippen LogP) is 0.589. The molecule has 2 aromatic heterocycles. The van der Waals surface area contributed by atoms with Gasteiger partial charge in [0, 0.05) is 13.1 Å². The Labute approximate surface area is 106 Å². The van der Waals surface area contributed by atoms with E-state index in [1.54, 1.807) is 12.7 Å². The van der Waals surface area contributed by atoms with Gasteiger partial charge in [0.1, 0.15) is 24.3 Å². The summed E-state index contributed by atoms with van der Waals surface area (Å²) in [6.07, 6.45) is 4.40. The van der Waals surface area contributed by atoms with Crippen molar-refractivity contribution >= 4 is 0 Å². The highest BCUT2D eigenvalue weighted by molar-refractivity contribution is 4.88. The Morgan fingerprint density at radius 2 is 2.06 bits per heavy atom. The minimum absolute atomic E-state index is 0.687. The predicted molar refractivity (Wildman–Crippen MR) is 66.6 cm³/mol. The first-order valence-electron chi connectivity index (χ1n) is 6.29. The van der Waals surface area contributed by atoms with Crippen LogP contribution in [0.3, 0.4) is 0 Å². The van der Waals surface area contributed by atoms with Crippen LogP contribution in [0.2, 0.25) is 0 Å². The van der Waals surface area contributed by atoms with Crippen molar-refractivity contribution in [2.75, 3.05) is 0 Å². The molecule has 7 nitrogen and oxygen atoms in total. The Balaban J connectivity index is 1.86. The molecule has 0 bridgehead atoms. The summed E-state index contributed by atoms with van der Waals surface area (Å²) in [5.41, 5.74) is 0. The lowest BCUT2D eigenvalue weighted by atomic mass is 10.4. The monoisotopic (exact) mass is 249 g/mol. The van der Waals surface area contributed by atoms with Crippen molar-refractivity contribution in [1.29, 1.82) is 0 Å². The van der Waals surface area contributed by atoms with Crippen LogP contribution in [0.15, 0.2) is 12.7 Å². The summed E-state index contributed by atoms with van der Waals surface area (Å²) in [6.45, 7) is 7.37. The lowest BCUT2D eigenvalue weighted by Gasteiger charge is -2.06. The molecule has 0 radical (unpaired) electrons. The first-order chi connectivity index (χ1) is 8.85. The summed E-state index contributed by atoms with van der Waals surface area (Å²) in [7, 11) is 0. The fourth-order valence-corrected chi connectivity index (χ4v) is 1.79. The molecule has 0 aromatic carbocycles. The first kappa shape index (κ1) is 12.7. The zero-order valence-corrected chi connectivity index (χ0v) is 10.9. The molecule has 0 aliphatic rings. The summed E-state index contributed by atoms with van der Waals surface area (Å²) in [4.78, 5) is 4.24. The SMILES string of the molecule is CCCn1ncnc1CNCc1nncn1CC. The van der Waals surface area contributed by atoms with Gasteiger partial charge >= 0.3 is 0 Å². The van der Waals surface area contributed by atoms with E-state index in [1.807, 2.05) is 9.25 Å². The molecule has 18 heavy (non-hydrogen) atoms. The molecule has 0 saturated heterocycles. The molecule has 7 heteroatoms. The molecule has 0 aliphatic heterocycles. The average molecular weight is 249 g/mol. The molecular weight excluding hydrogens is 230 g/mol. The van der Waals surface area contributed by atoms with Gasteiger partial charge in [0.15, 0.2) is 0 Å². The highest BCUT2D eigenvalue weighted by atomic mass is 15.3. The third-order valence-corrected chi connectivity index (χ3v) is 2.73. The van der Waals surface area contributed by atoms with Crippen molar-refractivity contribution < 1.29 is 0 Å². The van der Waals surface area contributed by atoms with Crippen LogP contribution < -0.4 is 5.32 Å². The number of hydrogen-bond acceptors (Lipinski definition) is 5. The van der Waals surface area contributed by atoms with E-state index in [-0.39, 0.29) is 0 Å². The van der Waals surface area contributed by atoms with Gasteiger partial charge in [-0.25, -0.2) is 9.67 Å². The van der Waals surface area contributed by atoms with E-state index < -0.39 is 0 Å². The van der Waals surface area contributed by atoms with Gasteiger partial charge in [-0.2, -0.15) is 5.10 Å². The molecule has 0 unspecified atom stereocenters. The van der Waals surface area contributed by atoms with Crippen LogP contribution in [-0.2, 0) is 26.2 Å². The summed E-state index contributed by atoms with van der Waals surface area (Å²) >= 11 is 0. The van der Waals surface area contributed by atoms with Gasteiger partial charge in [0.2, 0.25) is 0 Å². The molecule has 1 N–H and O–H groups in total. The number of nitrogens with one attached hydrogen (secondary N) is 1. The summed E-state index contributed by atoms with van der Waals surface area (Å²) in [5.74, 6) is 1.90. The van der Waals surface area contributed by atoms with Gasteiger partial charge in [-0.15, -0.1) is 10.2 Å². The summed E-state index contributed by atoms with van der Waals surface area (Å²) in [6, 6.07) is 0. The van der Waals surface area contributed by atoms with Crippen LogP contribution in [0.5, 0.6) is 0 Å². The van der Waals surface area contributed by atoms with Gasteiger partial charge in [-0.1, -0.05) is 6.92 Å². The average Bonchev–Trinajstić information content (AvgIpc) is 2.99. The van der Waals surface area contributed by atoms with E-state index in [2.05, 4.69) is 39.4 Å². The second-order valence-corrected chi connectivity index (χ2v) is 4.04. The Bertz CT molecular complexity index is 473. The molecule has 2 heterocycles. The van der Waals surface area contributed by atoms with E-state index in [4.69, 9.17) is 0 Å². The fourth-order valence-electron chi connectivity index (χ4n) is 1.79. The van der Waals surface area contributed by atoms with Crippen molar-refractivity contribution in [1.82, 2.24) is 34.8 Å². The quantitative estimate of drug-likeness (QED) is 0.777. The van der Waals surface area contributed by atoms with E-state index in [0.717, 1.165) is 31.2 Å². The molecule has 2 aromatic rings. The molecule has 98 valence electrons. The molecule has 0 saturated carbocycles. The van der Waals surface area contributed by atoms with Crippen molar-refractivity contribution in [2.24, 2.45) is 0 Å². The van der Waals surface area contributed by atoms with Gasteiger partial charge in [0.05, 0.1) is 13.1 Å². The van der Waals surface area contributed by atoms with Crippen molar-refractivity contribution in [2.45, 2.75) is 46.4 Å². The molecule has 0 aliphatic carbocycles. The zero-order valence-electron chi connectivity index (χ0n) is 10.9. The molecule has 2 rings (SSSR count). The number of rotatable bonds is 7. The van der Waals surface area contributed by atoms with Crippen molar-refractivity contribution in [3.63, 3.8) is 0 Å². The minimum Gasteiger partial charge on any atom is -0.317 e. The Morgan fingerprint density at radius 1 is 1.22 bits per heavy atom. The van der Waals surface area contributed by atoms with Crippen LogP contribution in [-0.4, -0.2) is 29.5 Å². The van der Waals surface area contributed by atoms with Crippen LogP contribution in [0.25, 0.3) is 0 Å². The highest BCUT2D eigenvalue weighted by Gasteiger charge is 2.05. The lowest BCUT2D eigenvalue weighted by molar-refractivity contribution is 0.532. The number of aryl methyl sites for hydroxylation is 2. The Hall–Kier alpha value is -1.76. The molecule has 0 atom stereocenters. The number of nitrogens with zero attached hydrogens (tertiary/aromatic N) is 6. The van der Waals surface area contributed by atoms with E-state index >= 15 is 0 Å². The van der Waals surface area contributed by atoms with Gasteiger partial charge < -0.3 is 9.88 Å². The maximum absolute atomic E-state index is 4.24. The van der Waals surface area contributed by atoms with Crippen LogP contribution in [0.1, 0.15) is 31.9 Å². The fraction of sp³-hybridized carbons (Fsp3) is 0.636. The molecular formula is C11H19N7. The first-order valence-corrected chi connectivity index (χ1v) is 6.29. The normalized spacial score (nSPS) is 11.0. The standard InChI is InChI=1S/C11H19N7/c1-3-5-18-10(13-8-15-18)6-12-7-11-16-14-9-17(11)4-2/h8-9,12H,3-7H2,1-2H3. The van der Waals surface area contributed by atoms with Crippen molar-refractivity contribution in [3.8, 4) is 0 Å². The zero-order chi connectivity index (χ0) is 12.8. The van der Waals surface area contributed by atoms with Gasteiger partial charge in [-0.3, -0.25) is 0 Å². The highest BCUT2D eigenvalue weighted by Crippen LogP contribution is 1.98. The van der Waals surface area contributed by atoms with E-state index in [0.29, 0.717) is 13.1 Å². The molecule has 0 fully saturated rings. The maximum atomic E-state index is 4.24. The van der Waals surface area contributed by atoms with E-state index in [9.17, 15) is 0 Å². The van der Waals surface area contributed by atoms with Crippen LogP contribution in [0, 0.1) is 0 Å². The number of hydrogen-bond donors (Lipinski definition) is 1. The third-order valence-electron chi connectivity index (χ3n) is 2.73. The second kappa shape index (κ2) is 6.25. The molecule has 0 amide bonds. The Kier molecular flexibility index (Phi) is 4.40. The second-order valence-electron chi connectivity index (χ2n) is 4.04. The van der Waals surface area contributed by atoms with E-state index in [1.165, 1.54) is 0 Å². The molecule has 0 spiro atoms. The smallest absolute Gasteiger partial charge is 0.146 e. The van der Waals surface area contributed by atoms with Gasteiger partial charge in [-0.05, 0) is 13.3 Å². The maximum Gasteiger partial charge on any atom is 0.146 e. The third kappa shape index (κ3) is 2.92. The van der Waals surface area contributed by atoms with Crippen LogP contribution in [0.4, 0.5) is 0 Å². The number of aromatic nitrogens is 6. The van der Waals surface area contributed by atoms with Crippen molar-refractivity contribution in [3.05, 3.63) is 24.3 Å². The minimum atomic E-state index is 0.687. The summed E-state index contributed by atoms with van der Waals surface area (Å²) in [5, 5.41) is 15.5. The largest absolute Gasteiger partial charge is 0.317 e. The van der Waals surface area contributed by atoms with Gasteiger partial charge in [0.25, 0.3) is 0 Å². The van der Waals surface area contributed by atoms with Crippen LogP contribution >= 0.6 is 0 Å². The Morgan fingerprint density at radius 3 is 2.83 bits per heavy atom.